The Kier molecular flexibility index (Phi) is 5.84. The number of ether oxygens (including phenoxy) is 2. The highest BCUT2D eigenvalue weighted by Crippen LogP contribution is 2.28. The van der Waals surface area contributed by atoms with Crippen molar-refractivity contribution in [3.8, 4) is 11.5 Å². The Morgan fingerprint density at radius 2 is 2.06 bits per heavy atom. The molecule has 0 aliphatic carbocycles. The first kappa shape index (κ1) is 14.2. The first-order valence-corrected chi connectivity index (χ1v) is 5.93. The molecule has 1 aromatic carbocycles. The fraction of sp³-hybridized carbons (Fsp3) is 0.462. The predicted octanol–water partition coefficient (Wildman–Crippen LogP) is 1.64. The van der Waals surface area contributed by atoms with Gasteiger partial charge in [-0.25, -0.2) is 0 Å². The van der Waals surface area contributed by atoms with Crippen LogP contribution in [0.3, 0.4) is 0 Å². The normalized spacial score (nSPS) is 9.72. The van der Waals surface area contributed by atoms with Crippen LogP contribution < -0.4 is 20.1 Å². The zero-order chi connectivity index (χ0) is 13.4. The molecule has 0 aliphatic rings. The number of carbonyl (C=O) groups is 1. The number of methoxy groups -OCH3 is 2. The zero-order valence-corrected chi connectivity index (χ0v) is 11.1. The van der Waals surface area contributed by atoms with E-state index in [1.54, 1.807) is 14.2 Å². The third-order valence-corrected chi connectivity index (χ3v) is 2.45. The molecule has 0 bridgehead atoms. The van der Waals surface area contributed by atoms with Crippen molar-refractivity contribution in [1.29, 1.82) is 0 Å². The number of carbonyl (C=O) groups excluding carboxylic acids is 1. The summed E-state index contributed by atoms with van der Waals surface area (Å²) in [5.41, 5.74) is 0.821. The van der Waals surface area contributed by atoms with E-state index in [1.165, 1.54) is 0 Å². The second kappa shape index (κ2) is 7.42. The molecule has 0 spiro atoms. The minimum Gasteiger partial charge on any atom is -0.497 e. The Balaban J connectivity index is 2.57. The number of rotatable bonds is 7. The first-order chi connectivity index (χ1) is 8.71. The lowest BCUT2D eigenvalue weighted by molar-refractivity contribution is -0.120. The number of benzene rings is 1. The van der Waals surface area contributed by atoms with Gasteiger partial charge in [0.1, 0.15) is 11.5 Å². The van der Waals surface area contributed by atoms with Gasteiger partial charge in [0.2, 0.25) is 5.91 Å². The van der Waals surface area contributed by atoms with Crippen molar-refractivity contribution in [3.05, 3.63) is 18.2 Å². The van der Waals surface area contributed by atoms with Gasteiger partial charge >= 0.3 is 0 Å². The topological polar surface area (TPSA) is 59.6 Å². The van der Waals surface area contributed by atoms with Crippen molar-refractivity contribution in [2.45, 2.75) is 13.3 Å². The quantitative estimate of drug-likeness (QED) is 0.774. The molecule has 100 valence electrons. The van der Waals surface area contributed by atoms with E-state index in [4.69, 9.17) is 9.47 Å². The lowest BCUT2D eigenvalue weighted by atomic mass is 10.2. The summed E-state index contributed by atoms with van der Waals surface area (Å²) in [7, 11) is 3.22. The molecular weight excluding hydrogens is 232 g/mol. The van der Waals surface area contributed by atoms with Crippen LogP contribution in [0, 0.1) is 0 Å². The molecule has 0 saturated heterocycles. The number of nitrogens with one attached hydrogen (secondary N) is 2. The number of hydrogen-bond donors (Lipinski definition) is 2. The lowest BCUT2D eigenvalue weighted by Gasteiger charge is -2.12. The molecule has 0 atom stereocenters. The van der Waals surface area contributed by atoms with Crippen LogP contribution in [0.15, 0.2) is 18.2 Å². The van der Waals surface area contributed by atoms with Gasteiger partial charge in [-0.15, -0.1) is 0 Å². The SMILES string of the molecule is CCNC(=O)CCNc1cc(OC)ccc1OC. The molecule has 1 amide bonds. The van der Waals surface area contributed by atoms with Crippen LogP contribution in [0.2, 0.25) is 0 Å². The summed E-state index contributed by atoms with van der Waals surface area (Å²) in [6.07, 6.45) is 0.425. The number of amides is 1. The van der Waals surface area contributed by atoms with Crippen molar-refractivity contribution < 1.29 is 14.3 Å². The Morgan fingerprint density at radius 1 is 1.28 bits per heavy atom. The summed E-state index contributed by atoms with van der Waals surface area (Å²) >= 11 is 0. The van der Waals surface area contributed by atoms with E-state index in [9.17, 15) is 4.79 Å². The van der Waals surface area contributed by atoms with Gasteiger partial charge in [-0.05, 0) is 19.1 Å². The molecule has 1 rings (SSSR count). The van der Waals surface area contributed by atoms with E-state index < -0.39 is 0 Å². The summed E-state index contributed by atoms with van der Waals surface area (Å²) in [4.78, 5) is 11.3. The van der Waals surface area contributed by atoms with Crippen molar-refractivity contribution >= 4 is 11.6 Å². The number of hydrogen-bond acceptors (Lipinski definition) is 4. The largest absolute Gasteiger partial charge is 0.497 e. The van der Waals surface area contributed by atoms with Crippen LogP contribution in [-0.4, -0.2) is 33.2 Å². The summed E-state index contributed by atoms with van der Waals surface area (Å²) < 4.78 is 10.4. The molecule has 2 N–H and O–H groups in total. The van der Waals surface area contributed by atoms with Gasteiger partial charge in [0.05, 0.1) is 19.9 Å². The second-order valence-electron chi connectivity index (χ2n) is 3.70. The lowest BCUT2D eigenvalue weighted by Crippen LogP contribution is -2.24. The van der Waals surface area contributed by atoms with Crippen LogP contribution in [-0.2, 0) is 4.79 Å². The van der Waals surface area contributed by atoms with Gasteiger partial charge in [-0.2, -0.15) is 0 Å². The van der Waals surface area contributed by atoms with Crippen LogP contribution >= 0.6 is 0 Å². The van der Waals surface area contributed by atoms with Gasteiger partial charge in [-0.3, -0.25) is 4.79 Å². The molecule has 0 aliphatic heterocycles. The Bertz CT molecular complexity index is 394. The summed E-state index contributed by atoms with van der Waals surface area (Å²) in [6, 6.07) is 5.50. The monoisotopic (exact) mass is 252 g/mol. The predicted molar refractivity (Wildman–Crippen MR) is 71.3 cm³/mol. The molecule has 5 heteroatoms. The molecule has 0 aromatic heterocycles. The van der Waals surface area contributed by atoms with Gasteiger partial charge in [0, 0.05) is 25.6 Å². The molecule has 18 heavy (non-hydrogen) atoms. The van der Waals surface area contributed by atoms with Crippen molar-refractivity contribution in [2.24, 2.45) is 0 Å². The summed E-state index contributed by atoms with van der Waals surface area (Å²) in [5.74, 6) is 1.51. The highest BCUT2D eigenvalue weighted by atomic mass is 16.5. The third kappa shape index (κ3) is 4.16. The van der Waals surface area contributed by atoms with E-state index in [0.29, 0.717) is 19.5 Å². The Morgan fingerprint density at radius 3 is 2.67 bits per heavy atom. The summed E-state index contributed by atoms with van der Waals surface area (Å²) in [5, 5.41) is 5.91. The standard InChI is InChI=1S/C13H20N2O3/c1-4-14-13(16)7-8-15-11-9-10(17-2)5-6-12(11)18-3/h5-6,9,15H,4,7-8H2,1-3H3,(H,14,16). The minimum atomic E-state index is 0.0341. The van der Waals surface area contributed by atoms with Crippen LogP contribution in [0.25, 0.3) is 0 Å². The van der Waals surface area contributed by atoms with Crippen molar-refractivity contribution in [3.63, 3.8) is 0 Å². The molecule has 0 heterocycles. The van der Waals surface area contributed by atoms with Crippen molar-refractivity contribution in [2.75, 3.05) is 32.6 Å². The van der Waals surface area contributed by atoms with Crippen LogP contribution in [0.1, 0.15) is 13.3 Å². The molecule has 5 nitrogen and oxygen atoms in total. The maximum atomic E-state index is 11.3. The molecular formula is C13H20N2O3. The molecule has 0 radical (unpaired) electrons. The molecule has 0 unspecified atom stereocenters. The first-order valence-electron chi connectivity index (χ1n) is 5.93. The average Bonchev–Trinajstić information content (AvgIpc) is 2.39. The summed E-state index contributed by atoms with van der Waals surface area (Å²) in [6.45, 7) is 3.10. The van der Waals surface area contributed by atoms with Gasteiger partial charge < -0.3 is 20.1 Å². The van der Waals surface area contributed by atoms with E-state index in [0.717, 1.165) is 17.2 Å². The van der Waals surface area contributed by atoms with Gasteiger partial charge in [-0.1, -0.05) is 0 Å². The molecule has 0 fully saturated rings. The second-order valence-corrected chi connectivity index (χ2v) is 3.70. The van der Waals surface area contributed by atoms with Crippen molar-refractivity contribution in [1.82, 2.24) is 5.32 Å². The van der Waals surface area contributed by atoms with E-state index in [-0.39, 0.29) is 5.91 Å². The average molecular weight is 252 g/mol. The zero-order valence-electron chi connectivity index (χ0n) is 11.1. The van der Waals surface area contributed by atoms with Crippen LogP contribution in [0.5, 0.6) is 11.5 Å². The van der Waals surface area contributed by atoms with E-state index in [1.807, 2.05) is 25.1 Å². The van der Waals surface area contributed by atoms with E-state index >= 15 is 0 Å². The maximum Gasteiger partial charge on any atom is 0.221 e. The smallest absolute Gasteiger partial charge is 0.221 e. The third-order valence-electron chi connectivity index (χ3n) is 2.45. The highest BCUT2D eigenvalue weighted by molar-refractivity contribution is 5.76. The highest BCUT2D eigenvalue weighted by Gasteiger charge is 2.05. The Hall–Kier alpha value is -1.91. The molecule has 0 saturated carbocycles. The maximum absolute atomic E-state index is 11.3. The Labute approximate surface area is 107 Å². The molecule has 1 aromatic rings. The number of anilines is 1. The van der Waals surface area contributed by atoms with E-state index in [2.05, 4.69) is 10.6 Å². The fourth-order valence-corrected chi connectivity index (χ4v) is 1.55. The van der Waals surface area contributed by atoms with Crippen LogP contribution in [0.4, 0.5) is 5.69 Å². The van der Waals surface area contributed by atoms with Gasteiger partial charge in [0.25, 0.3) is 0 Å². The minimum absolute atomic E-state index is 0.0341. The van der Waals surface area contributed by atoms with Gasteiger partial charge in [0.15, 0.2) is 0 Å². The fourth-order valence-electron chi connectivity index (χ4n) is 1.55.